The molecule has 4 rings (SSSR count). The molecule has 12 nitrogen and oxygen atoms in total. The number of hydrazine groups is 1. The molecule has 0 saturated carbocycles. The Kier molecular flexibility index (Phi) is 6.14. The molecule has 1 aliphatic rings. The number of nitrogens with zero attached hydrogens (tertiary/aromatic N) is 3. The Balaban J connectivity index is 1.48. The standard InChI is InChI=1S/C22H26N6O6/c1-22(2,3)34-21(32)27-8-6-13(7-9-27)15-11-17(29)24-18-14(12-23-28(15)18)19(30)25-26-20(31)16-5-4-10-33-16/h4-5,10-13H,6-9H2,1-3H3,(H,24,29)(H,25,30)(H,26,31). The van der Waals surface area contributed by atoms with E-state index in [9.17, 15) is 19.2 Å². The lowest BCUT2D eigenvalue weighted by Gasteiger charge is -2.33. The minimum atomic E-state index is -0.651. The molecule has 3 amide bonds. The number of aromatic amines is 1. The smallest absolute Gasteiger partial charge is 0.410 e. The molecular formula is C22H26N6O6. The molecule has 1 fully saturated rings. The van der Waals surface area contributed by atoms with E-state index in [1.165, 1.54) is 29.1 Å². The van der Waals surface area contributed by atoms with Crippen LogP contribution in [0.2, 0.25) is 0 Å². The first-order valence-electron chi connectivity index (χ1n) is 10.9. The van der Waals surface area contributed by atoms with Crippen molar-refractivity contribution in [3.8, 4) is 0 Å². The molecule has 34 heavy (non-hydrogen) atoms. The highest BCUT2D eigenvalue weighted by molar-refractivity contribution is 6.01. The van der Waals surface area contributed by atoms with Crippen LogP contribution in [0.3, 0.4) is 0 Å². The minimum Gasteiger partial charge on any atom is -0.459 e. The summed E-state index contributed by atoms with van der Waals surface area (Å²) < 4.78 is 11.9. The molecule has 4 heterocycles. The maximum absolute atomic E-state index is 12.6. The molecule has 12 heteroatoms. The third-order valence-electron chi connectivity index (χ3n) is 5.38. The van der Waals surface area contributed by atoms with Crippen LogP contribution in [-0.4, -0.2) is 56.1 Å². The van der Waals surface area contributed by atoms with E-state index in [0.717, 1.165) is 0 Å². The molecule has 0 atom stereocenters. The lowest BCUT2D eigenvalue weighted by molar-refractivity contribution is 0.0203. The maximum Gasteiger partial charge on any atom is 0.410 e. The van der Waals surface area contributed by atoms with Crippen LogP contribution in [-0.2, 0) is 4.74 Å². The molecular weight excluding hydrogens is 444 g/mol. The van der Waals surface area contributed by atoms with Gasteiger partial charge in [-0.05, 0) is 45.7 Å². The molecule has 1 saturated heterocycles. The lowest BCUT2D eigenvalue weighted by Crippen LogP contribution is -2.42. The van der Waals surface area contributed by atoms with E-state index in [4.69, 9.17) is 9.15 Å². The van der Waals surface area contributed by atoms with Gasteiger partial charge in [0.1, 0.15) is 16.8 Å². The van der Waals surface area contributed by atoms with Crippen molar-refractivity contribution < 1.29 is 23.5 Å². The van der Waals surface area contributed by atoms with Gasteiger partial charge in [0.2, 0.25) is 0 Å². The maximum atomic E-state index is 12.6. The Labute approximate surface area is 194 Å². The largest absolute Gasteiger partial charge is 0.459 e. The third-order valence-corrected chi connectivity index (χ3v) is 5.38. The predicted octanol–water partition coefficient (Wildman–Crippen LogP) is 1.80. The first-order valence-corrected chi connectivity index (χ1v) is 10.9. The molecule has 0 radical (unpaired) electrons. The Bertz CT molecular complexity index is 1260. The van der Waals surface area contributed by atoms with E-state index in [-0.39, 0.29) is 34.5 Å². The molecule has 3 N–H and O–H groups in total. The molecule has 0 aromatic carbocycles. The molecule has 3 aromatic heterocycles. The summed E-state index contributed by atoms with van der Waals surface area (Å²) >= 11 is 0. The number of piperidine rings is 1. The highest BCUT2D eigenvalue weighted by Gasteiger charge is 2.29. The van der Waals surface area contributed by atoms with Crippen molar-refractivity contribution in [1.82, 2.24) is 30.3 Å². The zero-order chi connectivity index (χ0) is 24.5. The first kappa shape index (κ1) is 23.1. The second kappa shape index (κ2) is 9.04. The SMILES string of the molecule is CC(C)(C)OC(=O)N1CCC(c2cc(=O)[nH]c3c(C(=O)NNC(=O)c4ccco4)cnn23)CC1. The zero-order valence-electron chi connectivity index (χ0n) is 19.1. The average molecular weight is 470 g/mol. The molecule has 0 aliphatic carbocycles. The van der Waals surface area contributed by atoms with Crippen LogP contribution in [0, 0.1) is 0 Å². The molecule has 0 unspecified atom stereocenters. The topological polar surface area (TPSA) is 151 Å². The van der Waals surface area contributed by atoms with Crippen molar-refractivity contribution in [2.24, 2.45) is 0 Å². The van der Waals surface area contributed by atoms with Crippen molar-refractivity contribution >= 4 is 23.6 Å². The van der Waals surface area contributed by atoms with Crippen LogP contribution in [0.15, 0.2) is 39.9 Å². The van der Waals surface area contributed by atoms with E-state index in [0.29, 0.717) is 31.6 Å². The fraction of sp³-hybridized carbons (Fsp3) is 0.409. The van der Waals surface area contributed by atoms with Crippen LogP contribution in [0.4, 0.5) is 4.79 Å². The number of carbonyl (C=O) groups excluding carboxylic acids is 3. The fourth-order valence-corrected chi connectivity index (χ4v) is 3.80. The summed E-state index contributed by atoms with van der Waals surface area (Å²) in [5, 5.41) is 4.28. The average Bonchev–Trinajstić information content (AvgIpc) is 3.46. The van der Waals surface area contributed by atoms with E-state index >= 15 is 0 Å². The van der Waals surface area contributed by atoms with Gasteiger partial charge in [-0.2, -0.15) is 5.10 Å². The number of hydrogen-bond acceptors (Lipinski definition) is 7. The van der Waals surface area contributed by atoms with Gasteiger partial charge in [0.25, 0.3) is 11.5 Å². The number of nitrogens with one attached hydrogen (secondary N) is 3. The summed E-state index contributed by atoms with van der Waals surface area (Å²) in [6, 6.07) is 4.45. The Morgan fingerprint density at radius 2 is 1.88 bits per heavy atom. The number of furan rings is 1. The Morgan fingerprint density at radius 1 is 1.18 bits per heavy atom. The van der Waals surface area contributed by atoms with Crippen molar-refractivity contribution in [3.05, 3.63) is 58.0 Å². The van der Waals surface area contributed by atoms with Crippen LogP contribution in [0.25, 0.3) is 5.65 Å². The van der Waals surface area contributed by atoms with Gasteiger partial charge in [0, 0.05) is 25.1 Å². The number of hydrogen-bond donors (Lipinski definition) is 3. The van der Waals surface area contributed by atoms with Crippen LogP contribution in [0.1, 0.15) is 66.1 Å². The van der Waals surface area contributed by atoms with Gasteiger partial charge in [-0.15, -0.1) is 0 Å². The monoisotopic (exact) mass is 470 g/mol. The second-order valence-corrected chi connectivity index (χ2v) is 9.00. The Morgan fingerprint density at radius 3 is 2.53 bits per heavy atom. The lowest BCUT2D eigenvalue weighted by atomic mass is 9.93. The zero-order valence-corrected chi connectivity index (χ0v) is 19.1. The first-order chi connectivity index (χ1) is 16.1. The third kappa shape index (κ3) is 4.95. The number of ether oxygens (including phenoxy) is 1. The van der Waals surface area contributed by atoms with Crippen molar-refractivity contribution in [2.75, 3.05) is 13.1 Å². The summed E-state index contributed by atoms with van der Waals surface area (Å²) in [6.07, 6.45) is 3.51. The van der Waals surface area contributed by atoms with E-state index in [2.05, 4.69) is 20.9 Å². The van der Waals surface area contributed by atoms with Crippen molar-refractivity contribution in [2.45, 2.75) is 45.1 Å². The van der Waals surface area contributed by atoms with E-state index in [1.54, 1.807) is 11.0 Å². The van der Waals surface area contributed by atoms with Crippen molar-refractivity contribution in [1.29, 1.82) is 0 Å². The highest BCUT2D eigenvalue weighted by Crippen LogP contribution is 2.28. The summed E-state index contributed by atoms with van der Waals surface area (Å²) in [5.41, 5.74) is 4.52. The molecule has 180 valence electrons. The number of fused-ring (bicyclic) bond motifs is 1. The van der Waals surface area contributed by atoms with Gasteiger partial charge < -0.3 is 19.0 Å². The summed E-state index contributed by atoms with van der Waals surface area (Å²) in [5.74, 6) is -1.28. The minimum absolute atomic E-state index is 0.0357. The quantitative estimate of drug-likeness (QED) is 0.494. The molecule has 0 spiro atoms. The predicted molar refractivity (Wildman–Crippen MR) is 119 cm³/mol. The highest BCUT2D eigenvalue weighted by atomic mass is 16.6. The van der Waals surface area contributed by atoms with Gasteiger partial charge in [-0.1, -0.05) is 0 Å². The number of H-pyrrole nitrogens is 1. The number of carbonyl (C=O) groups is 3. The van der Waals surface area contributed by atoms with Crippen LogP contribution in [0.5, 0.6) is 0 Å². The number of rotatable bonds is 3. The summed E-state index contributed by atoms with van der Waals surface area (Å²) in [6.45, 7) is 6.40. The van der Waals surface area contributed by atoms with Gasteiger partial charge in [-0.3, -0.25) is 25.2 Å². The molecule has 0 bridgehead atoms. The van der Waals surface area contributed by atoms with Gasteiger partial charge in [-0.25, -0.2) is 9.31 Å². The molecule has 3 aromatic rings. The van der Waals surface area contributed by atoms with E-state index < -0.39 is 17.4 Å². The van der Waals surface area contributed by atoms with Crippen LogP contribution < -0.4 is 16.4 Å². The number of aromatic nitrogens is 3. The summed E-state index contributed by atoms with van der Waals surface area (Å²) in [7, 11) is 0. The van der Waals surface area contributed by atoms with Gasteiger partial charge in [0.05, 0.1) is 18.2 Å². The van der Waals surface area contributed by atoms with Gasteiger partial charge in [0.15, 0.2) is 5.76 Å². The number of likely N-dealkylation sites (tertiary alicyclic amines) is 1. The number of amides is 3. The van der Waals surface area contributed by atoms with Gasteiger partial charge >= 0.3 is 12.0 Å². The van der Waals surface area contributed by atoms with E-state index in [1.807, 2.05) is 20.8 Å². The van der Waals surface area contributed by atoms with Crippen molar-refractivity contribution in [3.63, 3.8) is 0 Å². The normalized spacial score (nSPS) is 14.7. The second-order valence-electron chi connectivity index (χ2n) is 9.00. The van der Waals surface area contributed by atoms with Crippen LogP contribution >= 0.6 is 0 Å². The Hall–Kier alpha value is -4.09. The fourth-order valence-electron chi connectivity index (χ4n) is 3.80. The summed E-state index contributed by atoms with van der Waals surface area (Å²) in [4.78, 5) is 53.6. The molecule has 1 aliphatic heterocycles.